The van der Waals surface area contributed by atoms with Gasteiger partial charge in [0.15, 0.2) is 0 Å². The van der Waals surface area contributed by atoms with E-state index in [0.29, 0.717) is 13.2 Å². The van der Waals surface area contributed by atoms with Crippen LogP contribution in [0.5, 0.6) is 0 Å². The average Bonchev–Trinajstić information content (AvgIpc) is 1.94. The van der Waals surface area contributed by atoms with Crippen LogP contribution in [0.15, 0.2) is 0 Å². The Bertz CT molecular complexity index is 167. The van der Waals surface area contributed by atoms with Crippen molar-refractivity contribution in [3.63, 3.8) is 0 Å². The maximum atomic E-state index is 10.3. The van der Waals surface area contributed by atoms with Gasteiger partial charge in [0.25, 0.3) is 0 Å². The first-order chi connectivity index (χ1) is 5.95. The molecule has 0 bridgehead atoms. The van der Waals surface area contributed by atoms with Gasteiger partial charge in [-0.15, -0.1) is 0 Å². The molecule has 0 aliphatic heterocycles. The van der Waals surface area contributed by atoms with Gasteiger partial charge in [0.05, 0.1) is 25.9 Å². The molecule has 0 aliphatic rings. The van der Waals surface area contributed by atoms with E-state index in [4.69, 9.17) is 19.3 Å². The van der Waals surface area contributed by atoms with Crippen LogP contribution in [0.2, 0.25) is 0 Å². The Morgan fingerprint density at radius 2 is 2.00 bits per heavy atom. The molecule has 0 radical (unpaired) electrons. The van der Waals surface area contributed by atoms with Crippen LogP contribution in [0.1, 0.15) is 6.92 Å². The fraction of sp³-hybridized carbons (Fsp3) is 1.00. The van der Waals surface area contributed by atoms with Crippen LogP contribution in [0.25, 0.3) is 0 Å². The predicted molar refractivity (Wildman–Crippen MR) is 45.3 cm³/mol. The van der Waals surface area contributed by atoms with E-state index in [1.54, 1.807) is 7.11 Å². The second kappa shape index (κ2) is 6.48. The largest absolute Gasteiger partial charge is 0.469 e. The summed E-state index contributed by atoms with van der Waals surface area (Å²) in [5.41, 5.74) is 0. The van der Waals surface area contributed by atoms with Crippen molar-refractivity contribution in [2.75, 3.05) is 26.9 Å². The topological polar surface area (TPSA) is 85.2 Å². The Labute approximate surface area is 77.0 Å². The molecule has 0 rings (SSSR count). The molecule has 7 heteroatoms. The summed E-state index contributed by atoms with van der Waals surface area (Å²) >= 11 is 0. The molecule has 6 nitrogen and oxygen atoms in total. The van der Waals surface area contributed by atoms with Crippen LogP contribution in [-0.2, 0) is 18.6 Å². The standard InChI is InChI=1S/C6H15O6P/c1-6(12-13(7,8)9)5-11-4-3-10-2/h6H,3-5H2,1-2H3,(H2,7,8,9). The summed E-state index contributed by atoms with van der Waals surface area (Å²) in [6.07, 6.45) is -0.627. The lowest BCUT2D eigenvalue weighted by Crippen LogP contribution is -2.16. The molecule has 0 aliphatic carbocycles. The molecule has 1 atom stereocenters. The minimum Gasteiger partial charge on any atom is -0.382 e. The zero-order chi connectivity index (χ0) is 10.3. The highest BCUT2D eigenvalue weighted by Crippen LogP contribution is 2.37. The van der Waals surface area contributed by atoms with Gasteiger partial charge in [-0.1, -0.05) is 0 Å². The third-order valence-electron chi connectivity index (χ3n) is 1.10. The molecule has 1 unspecified atom stereocenters. The van der Waals surface area contributed by atoms with Crippen LogP contribution in [0.3, 0.4) is 0 Å². The van der Waals surface area contributed by atoms with Crippen molar-refractivity contribution in [1.82, 2.24) is 0 Å². The van der Waals surface area contributed by atoms with Crippen LogP contribution >= 0.6 is 7.82 Å². The van der Waals surface area contributed by atoms with Crippen molar-refractivity contribution >= 4 is 7.82 Å². The molecule has 0 aromatic carbocycles. The molecule has 0 spiro atoms. The fourth-order valence-electron chi connectivity index (χ4n) is 0.656. The van der Waals surface area contributed by atoms with E-state index < -0.39 is 13.9 Å². The molecule has 0 saturated carbocycles. The van der Waals surface area contributed by atoms with Gasteiger partial charge in [-0.3, -0.25) is 4.52 Å². The van der Waals surface area contributed by atoms with Crippen molar-refractivity contribution in [1.29, 1.82) is 0 Å². The highest BCUT2D eigenvalue weighted by Gasteiger charge is 2.18. The molecule has 13 heavy (non-hydrogen) atoms. The highest BCUT2D eigenvalue weighted by molar-refractivity contribution is 7.46. The number of ether oxygens (including phenoxy) is 2. The summed E-state index contributed by atoms with van der Waals surface area (Å²) < 4.78 is 24.3. The van der Waals surface area contributed by atoms with E-state index in [9.17, 15) is 4.57 Å². The number of phosphoric acid groups is 1. The van der Waals surface area contributed by atoms with Gasteiger partial charge >= 0.3 is 7.82 Å². The van der Waals surface area contributed by atoms with Crippen LogP contribution < -0.4 is 0 Å². The third-order valence-corrected chi connectivity index (χ3v) is 1.74. The molecule has 0 aromatic heterocycles. The fourth-order valence-corrected chi connectivity index (χ4v) is 1.19. The summed E-state index contributed by atoms with van der Waals surface area (Å²) in [7, 11) is -2.85. The van der Waals surface area contributed by atoms with E-state index in [2.05, 4.69) is 4.52 Å². The lowest BCUT2D eigenvalue weighted by molar-refractivity contribution is 0.0187. The Hall–Kier alpha value is 0.0300. The first-order valence-electron chi connectivity index (χ1n) is 3.76. The molecular weight excluding hydrogens is 199 g/mol. The van der Waals surface area contributed by atoms with E-state index in [0.717, 1.165) is 0 Å². The number of phosphoric ester groups is 1. The SMILES string of the molecule is COCCOCC(C)OP(=O)(O)O. The summed E-state index contributed by atoms with van der Waals surface area (Å²) in [6, 6.07) is 0. The van der Waals surface area contributed by atoms with Crippen LogP contribution in [0.4, 0.5) is 0 Å². The molecule has 0 saturated heterocycles. The predicted octanol–water partition coefficient (Wildman–Crippen LogP) is 0.147. The first-order valence-corrected chi connectivity index (χ1v) is 5.29. The van der Waals surface area contributed by atoms with Crippen LogP contribution in [-0.4, -0.2) is 42.8 Å². The van der Waals surface area contributed by atoms with Gasteiger partial charge in [-0.25, -0.2) is 4.57 Å². The minimum atomic E-state index is -4.39. The summed E-state index contributed by atoms with van der Waals surface area (Å²) in [6.45, 7) is 2.48. The summed E-state index contributed by atoms with van der Waals surface area (Å²) in [4.78, 5) is 16.8. The molecule has 80 valence electrons. The van der Waals surface area contributed by atoms with Gasteiger partial charge in [0.2, 0.25) is 0 Å². The van der Waals surface area contributed by atoms with Crippen molar-refractivity contribution in [3.05, 3.63) is 0 Å². The van der Waals surface area contributed by atoms with Crippen molar-refractivity contribution in [3.8, 4) is 0 Å². The summed E-state index contributed by atoms with van der Waals surface area (Å²) in [5, 5.41) is 0. The second-order valence-corrected chi connectivity index (χ2v) is 3.67. The number of hydrogen-bond donors (Lipinski definition) is 2. The Morgan fingerprint density at radius 1 is 1.38 bits per heavy atom. The van der Waals surface area contributed by atoms with Gasteiger partial charge in [0.1, 0.15) is 0 Å². The lowest BCUT2D eigenvalue weighted by atomic mass is 10.4. The monoisotopic (exact) mass is 214 g/mol. The van der Waals surface area contributed by atoms with Gasteiger partial charge in [-0.05, 0) is 6.92 Å². The van der Waals surface area contributed by atoms with E-state index >= 15 is 0 Å². The molecular formula is C6H15O6P. The molecule has 0 aromatic rings. The Balaban J connectivity index is 3.41. The molecule has 0 fully saturated rings. The molecule has 0 heterocycles. The zero-order valence-electron chi connectivity index (χ0n) is 7.67. The Kier molecular flexibility index (Phi) is 6.49. The number of methoxy groups -OCH3 is 1. The van der Waals surface area contributed by atoms with Gasteiger partial charge < -0.3 is 19.3 Å². The maximum Gasteiger partial charge on any atom is 0.469 e. The zero-order valence-corrected chi connectivity index (χ0v) is 8.57. The lowest BCUT2D eigenvalue weighted by Gasteiger charge is -2.13. The van der Waals surface area contributed by atoms with Gasteiger partial charge in [-0.2, -0.15) is 0 Å². The van der Waals surface area contributed by atoms with E-state index in [1.165, 1.54) is 6.92 Å². The van der Waals surface area contributed by atoms with Gasteiger partial charge in [0, 0.05) is 7.11 Å². The van der Waals surface area contributed by atoms with Crippen LogP contribution in [0, 0.1) is 0 Å². The van der Waals surface area contributed by atoms with Crippen molar-refractivity contribution in [2.45, 2.75) is 13.0 Å². The molecule has 2 N–H and O–H groups in total. The maximum absolute atomic E-state index is 10.3. The highest BCUT2D eigenvalue weighted by atomic mass is 31.2. The van der Waals surface area contributed by atoms with Crippen molar-refractivity contribution in [2.24, 2.45) is 0 Å². The van der Waals surface area contributed by atoms with Crippen molar-refractivity contribution < 1.29 is 28.3 Å². The minimum absolute atomic E-state index is 0.133. The summed E-state index contributed by atoms with van der Waals surface area (Å²) in [5.74, 6) is 0. The van der Waals surface area contributed by atoms with E-state index in [-0.39, 0.29) is 6.61 Å². The second-order valence-electron chi connectivity index (χ2n) is 2.47. The first kappa shape index (κ1) is 13.0. The molecule has 0 amide bonds. The number of rotatable bonds is 7. The Morgan fingerprint density at radius 3 is 2.46 bits per heavy atom. The average molecular weight is 214 g/mol. The van der Waals surface area contributed by atoms with E-state index in [1.807, 2.05) is 0 Å². The third kappa shape index (κ3) is 9.95. The normalized spacial score (nSPS) is 14.5. The smallest absolute Gasteiger partial charge is 0.382 e. The number of hydrogen-bond acceptors (Lipinski definition) is 4. The quantitative estimate of drug-likeness (QED) is 0.463.